The summed E-state index contributed by atoms with van der Waals surface area (Å²) in [5.74, 6) is -1.36. The van der Waals surface area contributed by atoms with Crippen LogP contribution in [0.1, 0.15) is 15.9 Å². The second kappa shape index (κ2) is 8.93. The molecule has 2 aromatic carbocycles. The number of carbonyl (C=O) groups excluding carboxylic acids is 2. The summed E-state index contributed by atoms with van der Waals surface area (Å²) in [6, 6.07) is 14.1. The van der Waals surface area contributed by atoms with Crippen LogP contribution in [-0.4, -0.2) is 23.4 Å². The Kier molecular flexibility index (Phi) is 6.39. The number of hydrogen-bond donors (Lipinski definition) is 1. The Morgan fingerprint density at radius 3 is 2.42 bits per heavy atom. The fraction of sp³-hybridized carbons (Fsp3) is 0.0526. The average molecular weight is 352 g/mol. The highest BCUT2D eigenvalue weighted by Crippen LogP contribution is 2.20. The molecule has 0 aliphatic rings. The highest BCUT2D eigenvalue weighted by molar-refractivity contribution is 6.03. The van der Waals surface area contributed by atoms with E-state index >= 15 is 0 Å². The summed E-state index contributed by atoms with van der Waals surface area (Å²) in [5, 5.41) is 13.6. The van der Waals surface area contributed by atoms with Crippen LogP contribution in [0.2, 0.25) is 0 Å². The number of rotatable bonds is 7. The van der Waals surface area contributed by atoms with Crippen LogP contribution in [0.3, 0.4) is 0 Å². The van der Waals surface area contributed by atoms with Crippen molar-refractivity contribution in [3.8, 4) is 0 Å². The van der Waals surface area contributed by atoms with E-state index in [1.165, 1.54) is 30.4 Å². The Morgan fingerprint density at radius 2 is 1.77 bits per heavy atom. The zero-order valence-corrected chi connectivity index (χ0v) is 13.8. The first-order valence-electron chi connectivity index (χ1n) is 7.62. The molecule has 132 valence electrons. The van der Waals surface area contributed by atoms with E-state index in [9.17, 15) is 19.7 Å². The molecule has 0 saturated heterocycles. The molecule has 7 heteroatoms. The number of nitro benzene ring substituents is 1. The van der Waals surface area contributed by atoms with Gasteiger partial charge in [-0.05, 0) is 24.3 Å². The summed E-state index contributed by atoms with van der Waals surface area (Å²) in [6.45, 7) is 3.39. The number of benzene rings is 2. The number of ether oxygens (including phenoxy) is 1. The summed E-state index contributed by atoms with van der Waals surface area (Å²) >= 11 is 0. The molecule has 0 radical (unpaired) electrons. The van der Waals surface area contributed by atoms with Gasteiger partial charge in [0.05, 0.1) is 10.5 Å². The second-order valence-electron chi connectivity index (χ2n) is 5.08. The number of hydrogen-bond acceptors (Lipinski definition) is 5. The first-order chi connectivity index (χ1) is 12.5. The van der Waals surface area contributed by atoms with Gasteiger partial charge in [0.25, 0.3) is 11.6 Å². The molecule has 0 saturated carbocycles. The first kappa shape index (κ1) is 18.6. The van der Waals surface area contributed by atoms with E-state index in [1.54, 1.807) is 36.4 Å². The molecular formula is C19H16N2O5. The van der Waals surface area contributed by atoms with Crippen molar-refractivity contribution in [2.24, 2.45) is 0 Å². The second-order valence-corrected chi connectivity index (χ2v) is 5.08. The number of amides is 1. The number of carbonyl (C=O) groups is 2. The van der Waals surface area contributed by atoms with Gasteiger partial charge in [-0.2, -0.15) is 0 Å². The van der Waals surface area contributed by atoms with E-state index in [2.05, 4.69) is 11.9 Å². The fourth-order valence-electron chi connectivity index (χ4n) is 2.07. The molecule has 0 aliphatic heterocycles. The van der Waals surface area contributed by atoms with Crippen molar-refractivity contribution in [3.63, 3.8) is 0 Å². The van der Waals surface area contributed by atoms with E-state index in [0.29, 0.717) is 5.56 Å². The topological polar surface area (TPSA) is 98.5 Å². The maximum absolute atomic E-state index is 12.3. The maximum Gasteiger partial charge on any atom is 0.355 e. The quantitative estimate of drug-likeness (QED) is 0.271. The minimum atomic E-state index is -0.827. The van der Waals surface area contributed by atoms with Gasteiger partial charge in [-0.15, -0.1) is 0 Å². The minimum absolute atomic E-state index is 0.0612. The van der Waals surface area contributed by atoms with Crippen LogP contribution in [0.15, 0.2) is 72.9 Å². The molecule has 0 atom stereocenters. The standard InChI is InChI=1S/C19H16N2O5/c1-2-12-26-19(23)16(20-18(22)14-8-4-3-5-9-14)13-15-10-6-7-11-17(15)21(24)25/h2-11,13H,1,12H2,(H,20,22)/b16-13+. The molecule has 0 heterocycles. The number of para-hydroxylation sites is 1. The average Bonchev–Trinajstić information content (AvgIpc) is 2.66. The third kappa shape index (κ3) is 4.88. The third-order valence-corrected chi connectivity index (χ3v) is 3.27. The van der Waals surface area contributed by atoms with Crippen LogP contribution < -0.4 is 5.32 Å². The van der Waals surface area contributed by atoms with Gasteiger partial charge < -0.3 is 10.1 Å². The van der Waals surface area contributed by atoms with Crippen molar-refractivity contribution >= 4 is 23.6 Å². The molecule has 0 aromatic heterocycles. The molecule has 1 amide bonds. The summed E-state index contributed by atoms with van der Waals surface area (Å²) < 4.78 is 4.95. The van der Waals surface area contributed by atoms with Gasteiger partial charge in [-0.1, -0.05) is 43.0 Å². The smallest absolute Gasteiger partial charge is 0.355 e. The van der Waals surface area contributed by atoms with Crippen LogP contribution in [0.5, 0.6) is 0 Å². The SMILES string of the molecule is C=CCOC(=O)/C(=C\c1ccccc1[N+](=O)[O-])NC(=O)c1ccccc1. The highest BCUT2D eigenvalue weighted by atomic mass is 16.6. The largest absolute Gasteiger partial charge is 0.457 e. The molecule has 26 heavy (non-hydrogen) atoms. The van der Waals surface area contributed by atoms with Crippen molar-refractivity contribution in [1.82, 2.24) is 5.32 Å². The lowest BCUT2D eigenvalue weighted by Gasteiger charge is -2.10. The molecule has 0 spiro atoms. The summed E-state index contributed by atoms with van der Waals surface area (Å²) in [5.41, 5.74) is 0.0828. The monoisotopic (exact) mass is 352 g/mol. The fourth-order valence-corrected chi connectivity index (χ4v) is 2.07. The molecule has 0 bridgehead atoms. The van der Waals surface area contributed by atoms with E-state index in [-0.39, 0.29) is 23.6 Å². The van der Waals surface area contributed by atoms with Crippen LogP contribution in [0.25, 0.3) is 6.08 Å². The molecular weight excluding hydrogens is 336 g/mol. The Morgan fingerprint density at radius 1 is 1.12 bits per heavy atom. The van der Waals surface area contributed by atoms with Crippen molar-refractivity contribution < 1.29 is 19.2 Å². The summed E-state index contributed by atoms with van der Waals surface area (Å²) in [7, 11) is 0. The summed E-state index contributed by atoms with van der Waals surface area (Å²) in [4.78, 5) is 35.1. The van der Waals surface area contributed by atoms with Gasteiger partial charge in [-0.25, -0.2) is 4.79 Å². The van der Waals surface area contributed by atoms with Gasteiger partial charge in [0.15, 0.2) is 0 Å². The Labute approximate surface area is 149 Å². The normalized spacial score (nSPS) is 10.7. The number of nitrogens with one attached hydrogen (secondary N) is 1. The predicted octanol–water partition coefficient (Wildman–Crippen LogP) is 3.09. The van der Waals surface area contributed by atoms with E-state index in [4.69, 9.17) is 4.74 Å². The van der Waals surface area contributed by atoms with E-state index < -0.39 is 16.8 Å². The molecule has 2 aromatic rings. The highest BCUT2D eigenvalue weighted by Gasteiger charge is 2.18. The van der Waals surface area contributed by atoms with Gasteiger partial charge in [0, 0.05) is 11.6 Å². The predicted molar refractivity (Wildman–Crippen MR) is 96.1 cm³/mol. The van der Waals surface area contributed by atoms with Gasteiger partial charge in [0.2, 0.25) is 0 Å². The molecule has 0 fully saturated rings. The van der Waals surface area contributed by atoms with Crippen LogP contribution in [0.4, 0.5) is 5.69 Å². The molecule has 0 aliphatic carbocycles. The number of esters is 1. The maximum atomic E-state index is 12.3. The van der Waals surface area contributed by atoms with Crippen LogP contribution in [-0.2, 0) is 9.53 Å². The lowest BCUT2D eigenvalue weighted by Crippen LogP contribution is -2.28. The Hall–Kier alpha value is -3.74. The van der Waals surface area contributed by atoms with Gasteiger partial charge in [0.1, 0.15) is 12.3 Å². The van der Waals surface area contributed by atoms with Crippen molar-refractivity contribution in [2.45, 2.75) is 0 Å². The van der Waals surface area contributed by atoms with E-state index in [0.717, 1.165) is 0 Å². The Balaban J connectivity index is 2.38. The van der Waals surface area contributed by atoms with E-state index in [1.807, 2.05) is 0 Å². The van der Waals surface area contributed by atoms with Gasteiger partial charge in [-0.3, -0.25) is 14.9 Å². The first-order valence-corrected chi connectivity index (χ1v) is 7.62. The lowest BCUT2D eigenvalue weighted by atomic mass is 10.1. The number of nitrogens with zero attached hydrogens (tertiary/aromatic N) is 1. The molecule has 7 nitrogen and oxygen atoms in total. The molecule has 0 unspecified atom stereocenters. The molecule has 1 N–H and O–H groups in total. The summed E-state index contributed by atoms with van der Waals surface area (Å²) in [6.07, 6.45) is 2.59. The zero-order valence-electron chi connectivity index (χ0n) is 13.8. The third-order valence-electron chi connectivity index (χ3n) is 3.27. The van der Waals surface area contributed by atoms with Crippen molar-refractivity contribution in [1.29, 1.82) is 0 Å². The van der Waals surface area contributed by atoms with Crippen molar-refractivity contribution in [3.05, 3.63) is 94.2 Å². The zero-order chi connectivity index (χ0) is 18.9. The van der Waals surface area contributed by atoms with Crippen LogP contribution in [0, 0.1) is 10.1 Å². The Bertz CT molecular complexity index is 859. The lowest BCUT2D eigenvalue weighted by molar-refractivity contribution is -0.385. The number of nitro groups is 1. The van der Waals surface area contributed by atoms with Crippen LogP contribution >= 0.6 is 0 Å². The minimum Gasteiger partial charge on any atom is -0.457 e. The van der Waals surface area contributed by atoms with Gasteiger partial charge >= 0.3 is 5.97 Å². The molecule has 2 rings (SSSR count). The van der Waals surface area contributed by atoms with Crippen molar-refractivity contribution in [2.75, 3.05) is 6.61 Å².